The highest BCUT2D eigenvalue weighted by atomic mass is 35.5. The number of pyridine rings is 1. The Labute approximate surface area is 234 Å². The maximum atomic E-state index is 15.4. The van der Waals surface area contributed by atoms with Gasteiger partial charge in [-0.2, -0.15) is 10.5 Å². The van der Waals surface area contributed by atoms with Crippen LogP contribution in [-0.2, 0) is 5.54 Å². The molecule has 4 aromatic rings. The van der Waals surface area contributed by atoms with Crippen LogP contribution in [0.25, 0.3) is 10.9 Å². The van der Waals surface area contributed by atoms with Gasteiger partial charge in [0.15, 0.2) is 0 Å². The summed E-state index contributed by atoms with van der Waals surface area (Å²) in [6, 6.07) is 9.28. The summed E-state index contributed by atoms with van der Waals surface area (Å²) in [5.74, 6) is -0.770. The van der Waals surface area contributed by atoms with Crippen LogP contribution in [0.4, 0.5) is 15.8 Å². The van der Waals surface area contributed by atoms with Gasteiger partial charge in [0, 0.05) is 34.4 Å². The molecule has 2 N–H and O–H groups in total. The number of nitriles is 2. The van der Waals surface area contributed by atoms with Crippen molar-refractivity contribution in [3.8, 4) is 12.1 Å². The standard InChI is InChI=1S/C29H28ClFN8/c1-28(2,3)16-35-26-18(13-33)14-34-25-17(12-32)10-19(11-20(25)26)36-27(24-21(30)6-5-7-22(24)31)23-15-39(38-37-23)29(4)8-9-29/h5-7,10-11,14-15,27,36H,8-9,16H2,1-4H3,(H,34,35)/i15D,27D. The maximum Gasteiger partial charge on any atom is 0.130 e. The Morgan fingerprint density at radius 2 is 2.00 bits per heavy atom. The molecule has 8 nitrogen and oxygen atoms in total. The summed E-state index contributed by atoms with van der Waals surface area (Å²) in [4.78, 5) is 4.36. The monoisotopic (exact) mass is 544 g/mol. The first-order valence-electron chi connectivity index (χ1n) is 13.5. The summed E-state index contributed by atoms with van der Waals surface area (Å²) in [5, 5.41) is 34.9. The van der Waals surface area contributed by atoms with Gasteiger partial charge in [-0.3, -0.25) is 4.98 Å². The van der Waals surface area contributed by atoms with E-state index in [9.17, 15) is 11.9 Å². The molecule has 0 aliphatic heterocycles. The zero-order valence-electron chi connectivity index (χ0n) is 24.0. The molecule has 0 bridgehead atoms. The van der Waals surface area contributed by atoms with Crippen LogP contribution in [0.2, 0.25) is 5.02 Å². The number of aromatic nitrogens is 4. The predicted octanol–water partition coefficient (Wildman–Crippen LogP) is 6.53. The van der Waals surface area contributed by atoms with Crippen molar-refractivity contribution in [2.24, 2.45) is 5.41 Å². The number of anilines is 2. The summed E-state index contributed by atoms with van der Waals surface area (Å²) < 4.78 is 35.3. The van der Waals surface area contributed by atoms with Crippen molar-refractivity contribution in [3.63, 3.8) is 0 Å². The Morgan fingerprint density at radius 1 is 1.26 bits per heavy atom. The smallest absolute Gasteiger partial charge is 0.130 e. The van der Waals surface area contributed by atoms with Gasteiger partial charge in [-0.1, -0.05) is 43.7 Å². The lowest BCUT2D eigenvalue weighted by Crippen LogP contribution is -2.20. The van der Waals surface area contributed by atoms with E-state index in [0.29, 0.717) is 23.1 Å². The molecule has 5 rings (SSSR count). The first-order valence-corrected chi connectivity index (χ1v) is 12.9. The van der Waals surface area contributed by atoms with E-state index in [1.807, 2.05) is 27.7 Å². The number of benzene rings is 2. The van der Waals surface area contributed by atoms with Crippen molar-refractivity contribution in [1.82, 2.24) is 20.0 Å². The molecule has 1 aliphatic rings. The topological polar surface area (TPSA) is 115 Å². The Kier molecular flexibility index (Phi) is 6.02. The van der Waals surface area contributed by atoms with Gasteiger partial charge in [-0.15, -0.1) is 5.10 Å². The number of hydrogen-bond acceptors (Lipinski definition) is 7. The molecule has 0 amide bonds. The van der Waals surface area contributed by atoms with Crippen LogP contribution in [0.5, 0.6) is 0 Å². The van der Waals surface area contributed by atoms with Gasteiger partial charge in [-0.25, -0.2) is 9.07 Å². The molecule has 1 atom stereocenters. The Balaban J connectivity index is 1.73. The molecule has 2 heterocycles. The van der Waals surface area contributed by atoms with E-state index in [1.54, 1.807) is 6.07 Å². The fourth-order valence-electron chi connectivity index (χ4n) is 4.19. The fraction of sp³-hybridized carbons (Fsp3) is 0.345. The lowest BCUT2D eigenvalue weighted by Gasteiger charge is -2.23. The lowest BCUT2D eigenvalue weighted by atomic mass is 9.96. The SMILES string of the molecule is [2H]c1c(C([2H])(Nc2cc(C#N)c3ncc(C#N)c(NCC(C)(C)C)c3c2)c2c(F)cccc2Cl)nnn1C1(C)CC1. The van der Waals surface area contributed by atoms with E-state index >= 15 is 4.39 Å². The number of rotatable bonds is 7. The number of nitrogens with one attached hydrogen (secondary N) is 2. The molecular formula is C29H28ClFN8. The number of hydrogen-bond donors (Lipinski definition) is 2. The Bertz CT molecular complexity index is 1740. The second kappa shape index (κ2) is 9.83. The quantitative estimate of drug-likeness (QED) is 0.272. The van der Waals surface area contributed by atoms with E-state index in [4.69, 9.17) is 13.0 Å². The van der Waals surface area contributed by atoms with Crippen LogP contribution in [-0.4, -0.2) is 26.5 Å². The molecule has 0 spiro atoms. The van der Waals surface area contributed by atoms with Crippen molar-refractivity contribution in [1.29, 1.82) is 10.5 Å². The van der Waals surface area contributed by atoms with Crippen LogP contribution in [0.15, 0.2) is 42.7 Å². The summed E-state index contributed by atoms with van der Waals surface area (Å²) >= 11 is 6.47. The minimum Gasteiger partial charge on any atom is -0.383 e. The van der Waals surface area contributed by atoms with E-state index in [2.05, 4.69) is 38.1 Å². The van der Waals surface area contributed by atoms with Gasteiger partial charge in [0.2, 0.25) is 0 Å². The van der Waals surface area contributed by atoms with Crippen molar-refractivity contribution in [3.05, 3.63) is 75.9 Å². The number of nitrogens with zero attached hydrogens (tertiary/aromatic N) is 6. The lowest BCUT2D eigenvalue weighted by molar-refractivity contribution is 0.443. The minimum atomic E-state index is -2.21. The van der Waals surface area contributed by atoms with Crippen molar-refractivity contribution in [2.75, 3.05) is 17.2 Å². The average Bonchev–Trinajstić information content (AvgIpc) is 3.52. The van der Waals surface area contributed by atoms with E-state index in [-0.39, 0.29) is 44.7 Å². The van der Waals surface area contributed by atoms with Crippen LogP contribution in [0.3, 0.4) is 0 Å². The predicted molar refractivity (Wildman–Crippen MR) is 149 cm³/mol. The van der Waals surface area contributed by atoms with Crippen molar-refractivity contribution < 1.29 is 7.13 Å². The first-order chi connectivity index (χ1) is 19.3. The highest BCUT2D eigenvalue weighted by Gasteiger charge is 2.41. The molecule has 39 heavy (non-hydrogen) atoms. The first kappa shape index (κ1) is 23.9. The van der Waals surface area contributed by atoms with Crippen LogP contribution in [0.1, 0.15) is 71.7 Å². The molecule has 1 saturated carbocycles. The molecule has 198 valence electrons. The van der Waals surface area contributed by atoms with Gasteiger partial charge in [-0.05, 0) is 49.4 Å². The van der Waals surface area contributed by atoms with Crippen LogP contribution >= 0.6 is 11.6 Å². The molecule has 1 aliphatic carbocycles. The van der Waals surface area contributed by atoms with Gasteiger partial charge >= 0.3 is 0 Å². The zero-order valence-corrected chi connectivity index (χ0v) is 22.8. The highest BCUT2D eigenvalue weighted by Crippen LogP contribution is 2.43. The maximum absolute atomic E-state index is 15.4. The largest absolute Gasteiger partial charge is 0.383 e. The molecule has 0 saturated heterocycles. The number of fused-ring (bicyclic) bond motifs is 1. The highest BCUT2D eigenvalue weighted by molar-refractivity contribution is 6.31. The van der Waals surface area contributed by atoms with E-state index in [1.165, 1.54) is 35.1 Å². The summed E-state index contributed by atoms with van der Waals surface area (Å²) in [5.41, 5.74) is 0.646. The fourth-order valence-corrected chi connectivity index (χ4v) is 4.44. The van der Waals surface area contributed by atoms with Crippen LogP contribution in [0, 0.1) is 33.9 Å². The Hall–Kier alpha value is -4.21. The van der Waals surface area contributed by atoms with Crippen molar-refractivity contribution in [2.45, 2.75) is 52.1 Å². The minimum absolute atomic E-state index is 0.0404. The van der Waals surface area contributed by atoms with Gasteiger partial charge in [0.1, 0.15) is 29.7 Å². The molecule has 2 aromatic carbocycles. The van der Waals surface area contributed by atoms with Crippen molar-refractivity contribution >= 4 is 33.9 Å². The molecule has 10 heteroatoms. The summed E-state index contributed by atoms with van der Waals surface area (Å²) in [6.07, 6.45) is 2.87. The molecular weight excluding hydrogens is 515 g/mol. The van der Waals surface area contributed by atoms with Gasteiger partial charge < -0.3 is 10.6 Å². The third-order valence-corrected chi connectivity index (χ3v) is 6.97. The van der Waals surface area contributed by atoms with E-state index < -0.39 is 17.4 Å². The van der Waals surface area contributed by atoms with E-state index in [0.717, 1.165) is 12.8 Å². The Morgan fingerprint density at radius 3 is 2.64 bits per heavy atom. The van der Waals surface area contributed by atoms with Gasteiger partial charge in [0.25, 0.3) is 0 Å². The summed E-state index contributed by atoms with van der Waals surface area (Å²) in [7, 11) is 0. The molecule has 0 radical (unpaired) electrons. The normalized spacial score (nSPS) is 16.4. The number of halogens is 2. The third kappa shape index (κ3) is 5.23. The van der Waals surface area contributed by atoms with Gasteiger partial charge in [0.05, 0.1) is 36.8 Å². The third-order valence-electron chi connectivity index (χ3n) is 6.66. The zero-order chi connectivity index (χ0) is 29.7. The van der Waals surface area contributed by atoms with Crippen LogP contribution < -0.4 is 10.6 Å². The average molecular weight is 545 g/mol. The summed E-state index contributed by atoms with van der Waals surface area (Å²) in [6.45, 7) is 8.60. The molecule has 1 unspecified atom stereocenters. The molecule has 2 aromatic heterocycles. The second-order valence-corrected chi connectivity index (χ2v) is 11.6. The second-order valence-electron chi connectivity index (χ2n) is 11.2. The molecule has 1 fully saturated rings.